The van der Waals surface area contributed by atoms with Gasteiger partial charge in [0.25, 0.3) is 0 Å². The number of nitrogens with zero attached hydrogens (tertiary/aromatic N) is 1. The van der Waals surface area contributed by atoms with Crippen LogP contribution < -0.4 is 10.5 Å². The van der Waals surface area contributed by atoms with Crippen LogP contribution in [0, 0.1) is 11.3 Å². The van der Waals surface area contributed by atoms with E-state index in [0.29, 0.717) is 16.9 Å². The summed E-state index contributed by atoms with van der Waals surface area (Å²) in [5.74, 6) is 0.00737. The van der Waals surface area contributed by atoms with Crippen molar-refractivity contribution in [3.8, 4) is 11.8 Å². The molecule has 0 aliphatic rings. The monoisotopic (exact) mass is 202 g/mol. The van der Waals surface area contributed by atoms with E-state index in [0.717, 1.165) is 0 Å². The number of nitriles is 1. The number of hydrogen-bond donors (Lipinski definition) is 1. The summed E-state index contributed by atoms with van der Waals surface area (Å²) < 4.78 is 5.07. The highest BCUT2D eigenvalue weighted by molar-refractivity contribution is 5.90. The fourth-order valence-electron chi connectivity index (χ4n) is 1.09. The topological polar surface area (TPSA) is 76.1 Å². The number of nitrogens with two attached hydrogens (primary N) is 1. The summed E-state index contributed by atoms with van der Waals surface area (Å²) in [7, 11) is 1.50. The van der Waals surface area contributed by atoms with Gasteiger partial charge in [-0.1, -0.05) is 0 Å². The van der Waals surface area contributed by atoms with Gasteiger partial charge in [0.15, 0.2) is 0 Å². The van der Waals surface area contributed by atoms with Crippen molar-refractivity contribution in [1.29, 1.82) is 5.26 Å². The van der Waals surface area contributed by atoms with Crippen LogP contribution in [0.3, 0.4) is 0 Å². The van der Waals surface area contributed by atoms with Gasteiger partial charge in [0, 0.05) is 11.6 Å². The predicted octanol–water partition coefficient (Wildman–Crippen LogP) is 1.07. The summed E-state index contributed by atoms with van der Waals surface area (Å²) in [6, 6.07) is 6.93. The minimum absolute atomic E-state index is 0.503. The van der Waals surface area contributed by atoms with Crippen LogP contribution >= 0.6 is 0 Å². The molecule has 0 heterocycles. The standard InChI is InChI=1S/C11H10N2O2/c1-15-10-6-8(7-12)2-3-9(10)4-5-11(13)14/h2-6H,1H3,(H2,13,14). The summed E-state index contributed by atoms with van der Waals surface area (Å²) in [6.45, 7) is 0. The number of carbonyl (C=O) groups is 1. The van der Waals surface area contributed by atoms with E-state index in [1.165, 1.54) is 13.2 Å². The molecule has 15 heavy (non-hydrogen) atoms. The third-order valence-corrected chi connectivity index (χ3v) is 1.79. The molecule has 1 rings (SSSR count). The molecule has 0 spiro atoms. The van der Waals surface area contributed by atoms with E-state index in [2.05, 4.69) is 0 Å². The van der Waals surface area contributed by atoms with Crippen molar-refractivity contribution in [3.05, 3.63) is 35.4 Å². The van der Waals surface area contributed by atoms with Gasteiger partial charge in [0.05, 0.1) is 18.7 Å². The zero-order chi connectivity index (χ0) is 11.3. The summed E-state index contributed by atoms with van der Waals surface area (Å²) in [6.07, 6.45) is 2.78. The van der Waals surface area contributed by atoms with Crippen LogP contribution in [0.5, 0.6) is 5.75 Å². The lowest BCUT2D eigenvalue weighted by Gasteiger charge is -2.04. The molecule has 0 saturated carbocycles. The summed E-state index contributed by atoms with van der Waals surface area (Å²) >= 11 is 0. The normalized spacial score (nSPS) is 9.87. The Morgan fingerprint density at radius 3 is 2.87 bits per heavy atom. The molecule has 4 nitrogen and oxygen atoms in total. The first-order chi connectivity index (χ1) is 7.17. The van der Waals surface area contributed by atoms with Crippen molar-refractivity contribution >= 4 is 12.0 Å². The SMILES string of the molecule is COc1cc(C#N)ccc1C=CC(N)=O. The van der Waals surface area contributed by atoms with Gasteiger partial charge in [-0.3, -0.25) is 4.79 Å². The van der Waals surface area contributed by atoms with Crippen molar-refractivity contribution in [2.24, 2.45) is 5.73 Å². The van der Waals surface area contributed by atoms with Crippen LogP contribution in [0.4, 0.5) is 0 Å². The van der Waals surface area contributed by atoms with E-state index in [4.69, 9.17) is 15.7 Å². The molecule has 0 aromatic heterocycles. The zero-order valence-corrected chi connectivity index (χ0v) is 8.23. The van der Waals surface area contributed by atoms with Crippen molar-refractivity contribution in [3.63, 3.8) is 0 Å². The molecule has 2 N–H and O–H groups in total. The second-order valence-corrected chi connectivity index (χ2v) is 2.80. The quantitative estimate of drug-likeness (QED) is 0.744. The number of hydrogen-bond acceptors (Lipinski definition) is 3. The van der Waals surface area contributed by atoms with Gasteiger partial charge < -0.3 is 10.5 Å². The van der Waals surface area contributed by atoms with Crippen LogP contribution in [-0.2, 0) is 4.79 Å². The zero-order valence-electron chi connectivity index (χ0n) is 8.23. The lowest BCUT2D eigenvalue weighted by atomic mass is 10.1. The van der Waals surface area contributed by atoms with Crippen LogP contribution in [0.1, 0.15) is 11.1 Å². The number of carbonyl (C=O) groups excluding carboxylic acids is 1. The molecular formula is C11H10N2O2. The van der Waals surface area contributed by atoms with Crippen molar-refractivity contribution in [2.75, 3.05) is 7.11 Å². The van der Waals surface area contributed by atoms with Gasteiger partial charge in [0.1, 0.15) is 5.75 Å². The first-order valence-electron chi connectivity index (χ1n) is 4.23. The average Bonchev–Trinajstić information content (AvgIpc) is 2.25. The van der Waals surface area contributed by atoms with E-state index in [-0.39, 0.29) is 0 Å². The Kier molecular flexibility index (Phi) is 3.47. The molecule has 0 fully saturated rings. The third-order valence-electron chi connectivity index (χ3n) is 1.79. The second-order valence-electron chi connectivity index (χ2n) is 2.80. The molecule has 1 amide bonds. The Morgan fingerprint density at radius 2 is 2.33 bits per heavy atom. The molecule has 0 unspecified atom stereocenters. The molecule has 4 heteroatoms. The molecule has 1 aromatic carbocycles. The maximum absolute atomic E-state index is 10.5. The number of methoxy groups -OCH3 is 1. The Bertz CT molecular complexity index is 444. The number of benzene rings is 1. The van der Waals surface area contributed by atoms with E-state index >= 15 is 0 Å². The number of primary amides is 1. The maximum Gasteiger partial charge on any atom is 0.241 e. The summed E-state index contributed by atoms with van der Waals surface area (Å²) in [4.78, 5) is 10.5. The van der Waals surface area contributed by atoms with Crippen molar-refractivity contribution < 1.29 is 9.53 Å². The van der Waals surface area contributed by atoms with E-state index < -0.39 is 5.91 Å². The second kappa shape index (κ2) is 4.82. The highest BCUT2D eigenvalue weighted by atomic mass is 16.5. The molecule has 0 radical (unpaired) electrons. The summed E-state index contributed by atoms with van der Waals surface area (Å²) in [5, 5.41) is 8.67. The van der Waals surface area contributed by atoms with Gasteiger partial charge in [-0.05, 0) is 24.3 Å². The lowest BCUT2D eigenvalue weighted by Crippen LogP contribution is -2.05. The molecule has 0 aliphatic heterocycles. The maximum atomic E-state index is 10.5. The van der Waals surface area contributed by atoms with E-state index in [9.17, 15) is 4.79 Å². The van der Waals surface area contributed by atoms with Crippen molar-refractivity contribution in [2.45, 2.75) is 0 Å². The van der Waals surface area contributed by atoms with E-state index in [1.54, 1.807) is 24.3 Å². The minimum atomic E-state index is -0.526. The van der Waals surface area contributed by atoms with Crippen LogP contribution in [0.15, 0.2) is 24.3 Å². The molecule has 0 saturated heterocycles. The lowest BCUT2D eigenvalue weighted by molar-refractivity contribution is -0.113. The van der Waals surface area contributed by atoms with Crippen LogP contribution in [0.25, 0.3) is 6.08 Å². The number of amides is 1. The molecule has 0 atom stereocenters. The Hall–Kier alpha value is -2.28. The van der Waals surface area contributed by atoms with Gasteiger partial charge >= 0.3 is 0 Å². The molecule has 76 valence electrons. The summed E-state index contributed by atoms with van der Waals surface area (Å²) in [5.41, 5.74) is 6.18. The largest absolute Gasteiger partial charge is 0.496 e. The average molecular weight is 202 g/mol. The fourth-order valence-corrected chi connectivity index (χ4v) is 1.09. The van der Waals surface area contributed by atoms with Gasteiger partial charge in [-0.25, -0.2) is 0 Å². The predicted molar refractivity (Wildman–Crippen MR) is 55.9 cm³/mol. The fraction of sp³-hybridized carbons (Fsp3) is 0.0909. The molecule has 0 aliphatic carbocycles. The first-order valence-corrected chi connectivity index (χ1v) is 4.23. The van der Waals surface area contributed by atoms with Gasteiger partial charge in [-0.15, -0.1) is 0 Å². The number of rotatable bonds is 3. The molecule has 1 aromatic rings. The third kappa shape index (κ3) is 2.85. The Balaban J connectivity index is 3.09. The Morgan fingerprint density at radius 1 is 1.60 bits per heavy atom. The number of ether oxygens (including phenoxy) is 1. The van der Waals surface area contributed by atoms with Crippen LogP contribution in [0.2, 0.25) is 0 Å². The Labute approximate surface area is 87.6 Å². The minimum Gasteiger partial charge on any atom is -0.496 e. The smallest absolute Gasteiger partial charge is 0.241 e. The molecule has 0 bridgehead atoms. The highest BCUT2D eigenvalue weighted by Crippen LogP contribution is 2.21. The highest BCUT2D eigenvalue weighted by Gasteiger charge is 2.01. The van der Waals surface area contributed by atoms with E-state index in [1.807, 2.05) is 6.07 Å². The van der Waals surface area contributed by atoms with Crippen molar-refractivity contribution in [1.82, 2.24) is 0 Å². The van der Waals surface area contributed by atoms with Crippen LogP contribution in [-0.4, -0.2) is 13.0 Å². The first kappa shape index (κ1) is 10.8. The van der Waals surface area contributed by atoms with Gasteiger partial charge in [-0.2, -0.15) is 5.26 Å². The molecular weight excluding hydrogens is 192 g/mol. The van der Waals surface area contributed by atoms with Gasteiger partial charge in [0.2, 0.25) is 5.91 Å².